The molecule has 0 bridgehead atoms. The van der Waals surface area contributed by atoms with Crippen molar-refractivity contribution in [1.82, 2.24) is 5.32 Å². The highest BCUT2D eigenvalue weighted by Crippen LogP contribution is 2.30. The maximum absolute atomic E-state index is 3.58. The van der Waals surface area contributed by atoms with Gasteiger partial charge in [0, 0.05) is 12.6 Å². The van der Waals surface area contributed by atoms with Gasteiger partial charge in [0.05, 0.1) is 0 Å². The van der Waals surface area contributed by atoms with Gasteiger partial charge in [-0.3, -0.25) is 0 Å². The van der Waals surface area contributed by atoms with Crippen molar-refractivity contribution in [3.05, 3.63) is 77.4 Å². The van der Waals surface area contributed by atoms with Gasteiger partial charge in [-0.25, -0.2) is 0 Å². The molecule has 1 unspecified atom stereocenters. The maximum atomic E-state index is 3.58. The summed E-state index contributed by atoms with van der Waals surface area (Å²) in [5.41, 5.74) is 5.50. The standard InChI is InChI=1S/C18H19N/c1-14-7-9-16(10-8-14)18-13-17(11-12-19-18)15-5-3-2-4-6-15/h2-11,18-19H,12-13H2,1H3. The van der Waals surface area contributed by atoms with Crippen LogP contribution in [0.25, 0.3) is 5.57 Å². The van der Waals surface area contributed by atoms with Gasteiger partial charge in [0.2, 0.25) is 0 Å². The Morgan fingerprint density at radius 2 is 1.68 bits per heavy atom. The molecule has 0 saturated carbocycles. The summed E-state index contributed by atoms with van der Waals surface area (Å²) in [6, 6.07) is 20.0. The zero-order valence-electron chi connectivity index (χ0n) is 11.3. The number of aryl methyl sites for hydroxylation is 1. The lowest BCUT2D eigenvalue weighted by Crippen LogP contribution is -2.25. The van der Waals surface area contributed by atoms with Gasteiger partial charge >= 0.3 is 0 Å². The first kappa shape index (κ1) is 12.2. The Morgan fingerprint density at radius 1 is 0.947 bits per heavy atom. The van der Waals surface area contributed by atoms with Crippen molar-refractivity contribution >= 4 is 5.57 Å². The lowest BCUT2D eigenvalue weighted by molar-refractivity contribution is 0.563. The molecule has 1 aliphatic heterocycles. The molecule has 19 heavy (non-hydrogen) atoms. The molecule has 1 heteroatoms. The predicted octanol–water partition coefficient (Wildman–Crippen LogP) is 4.11. The van der Waals surface area contributed by atoms with Crippen LogP contribution in [0.2, 0.25) is 0 Å². The Morgan fingerprint density at radius 3 is 2.42 bits per heavy atom. The fraction of sp³-hybridized carbons (Fsp3) is 0.222. The molecule has 2 aromatic rings. The molecule has 0 aromatic heterocycles. The van der Waals surface area contributed by atoms with Crippen LogP contribution < -0.4 is 5.32 Å². The molecule has 0 radical (unpaired) electrons. The van der Waals surface area contributed by atoms with Gasteiger partial charge in [0.1, 0.15) is 0 Å². The molecule has 0 fully saturated rings. The third-order valence-electron chi connectivity index (χ3n) is 3.76. The van der Waals surface area contributed by atoms with E-state index in [1.54, 1.807) is 0 Å². The van der Waals surface area contributed by atoms with E-state index in [1.165, 1.54) is 22.3 Å². The molecule has 0 spiro atoms. The van der Waals surface area contributed by atoms with Gasteiger partial charge in [-0.05, 0) is 30.0 Å². The summed E-state index contributed by atoms with van der Waals surface area (Å²) in [6.45, 7) is 3.08. The van der Waals surface area contributed by atoms with Crippen molar-refractivity contribution in [1.29, 1.82) is 0 Å². The molecule has 2 aromatic carbocycles. The molecule has 0 amide bonds. The van der Waals surface area contributed by atoms with Crippen LogP contribution in [-0.2, 0) is 0 Å². The van der Waals surface area contributed by atoms with Crippen molar-refractivity contribution < 1.29 is 0 Å². The quantitative estimate of drug-likeness (QED) is 0.844. The number of hydrogen-bond donors (Lipinski definition) is 1. The van der Waals surface area contributed by atoms with E-state index in [4.69, 9.17) is 0 Å². The van der Waals surface area contributed by atoms with Crippen molar-refractivity contribution in [2.75, 3.05) is 6.54 Å². The van der Waals surface area contributed by atoms with Gasteiger partial charge in [-0.2, -0.15) is 0 Å². The highest BCUT2D eigenvalue weighted by Gasteiger charge is 2.17. The highest BCUT2D eigenvalue weighted by molar-refractivity contribution is 5.67. The molecular formula is C18H19N. The van der Waals surface area contributed by atoms with Crippen LogP contribution in [0.1, 0.15) is 29.2 Å². The normalized spacial score (nSPS) is 19.0. The molecule has 0 saturated heterocycles. The molecule has 0 aliphatic carbocycles. The lowest BCUT2D eigenvalue weighted by Gasteiger charge is -2.25. The SMILES string of the molecule is Cc1ccc(C2CC(c3ccccc3)=CCN2)cc1. The Bertz CT molecular complexity index is 566. The molecule has 96 valence electrons. The van der Waals surface area contributed by atoms with Gasteiger partial charge in [0.25, 0.3) is 0 Å². The fourth-order valence-electron chi connectivity index (χ4n) is 2.62. The van der Waals surface area contributed by atoms with Crippen LogP contribution in [0.15, 0.2) is 60.7 Å². The van der Waals surface area contributed by atoms with Crippen molar-refractivity contribution in [3.8, 4) is 0 Å². The molecule has 1 nitrogen and oxygen atoms in total. The van der Waals surface area contributed by atoms with E-state index in [1.807, 2.05) is 0 Å². The smallest absolute Gasteiger partial charge is 0.0363 e. The van der Waals surface area contributed by atoms with Crippen LogP contribution in [-0.4, -0.2) is 6.54 Å². The summed E-state index contributed by atoms with van der Waals surface area (Å²) >= 11 is 0. The Labute approximate surface area is 115 Å². The molecule has 3 rings (SSSR count). The summed E-state index contributed by atoms with van der Waals surface area (Å²) in [6.07, 6.45) is 3.37. The van der Waals surface area contributed by atoms with Gasteiger partial charge in [-0.1, -0.05) is 66.2 Å². The number of nitrogens with one attached hydrogen (secondary N) is 1. The van der Waals surface area contributed by atoms with Crippen molar-refractivity contribution in [2.24, 2.45) is 0 Å². The monoisotopic (exact) mass is 249 g/mol. The second-order valence-corrected chi connectivity index (χ2v) is 5.17. The van der Waals surface area contributed by atoms with Crippen molar-refractivity contribution in [3.63, 3.8) is 0 Å². The first-order chi connectivity index (χ1) is 9.33. The van der Waals surface area contributed by atoms with Crippen LogP contribution >= 0.6 is 0 Å². The minimum Gasteiger partial charge on any atom is -0.306 e. The summed E-state index contributed by atoms with van der Waals surface area (Å²) in [4.78, 5) is 0. The fourth-order valence-corrected chi connectivity index (χ4v) is 2.62. The van der Waals surface area contributed by atoms with E-state index < -0.39 is 0 Å². The Balaban J connectivity index is 1.81. The zero-order chi connectivity index (χ0) is 13.1. The maximum Gasteiger partial charge on any atom is 0.0363 e. The van der Waals surface area contributed by atoms with E-state index in [9.17, 15) is 0 Å². The van der Waals surface area contributed by atoms with E-state index >= 15 is 0 Å². The molecule has 1 heterocycles. The summed E-state index contributed by atoms with van der Waals surface area (Å²) < 4.78 is 0. The average molecular weight is 249 g/mol. The van der Waals surface area contributed by atoms with Gasteiger partial charge < -0.3 is 5.32 Å². The average Bonchev–Trinajstić information content (AvgIpc) is 2.49. The van der Waals surface area contributed by atoms with Crippen LogP contribution in [0.5, 0.6) is 0 Å². The number of benzene rings is 2. The number of hydrogen-bond acceptors (Lipinski definition) is 1. The third kappa shape index (κ3) is 2.77. The topological polar surface area (TPSA) is 12.0 Å². The molecule has 1 atom stereocenters. The van der Waals surface area contributed by atoms with Crippen LogP contribution in [0.3, 0.4) is 0 Å². The first-order valence-electron chi connectivity index (χ1n) is 6.87. The van der Waals surface area contributed by atoms with Crippen LogP contribution in [0.4, 0.5) is 0 Å². The Kier molecular flexibility index (Phi) is 3.47. The van der Waals surface area contributed by atoms with Crippen molar-refractivity contribution in [2.45, 2.75) is 19.4 Å². The van der Waals surface area contributed by atoms with Gasteiger partial charge in [-0.15, -0.1) is 0 Å². The van der Waals surface area contributed by atoms with E-state index in [0.29, 0.717) is 6.04 Å². The number of rotatable bonds is 2. The van der Waals surface area contributed by atoms with Gasteiger partial charge in [0.15, 0.2) is 0 Å². The summed E-state index contributed by atoms with van der Waals surface area (Å²) in [7, 11) is 0. The highest BCUT2D eigenvalue weighted by atomic mass is 14.9. The first-order valence-corrected chi connectivity index (χ1v) is 6.87. The lowest BCUT2D eigenvalue weighted by atomic mass is 9.91. The van der Waals surface area contributed by atoms with E-state index in [0.717, 1.165) is 13.0 Å². The molecule has 1 N–H and O–H groups in total. The zero-order valence-corrected chi connectivity index (χ0v) is 11.3. The second kappa shape index (κ2) is 5.41. The summed E-state index contributed by atoms with van der Waals surface area (Å²) in [5.74, 6) is 0. The summed E-state index contributed by atoms with van der Waals surface area (Å²) in [5, 5.41) is 3.58. The second-order valence-electron chi connectivity index (χ2n) is 5.17. The predicted molar refractivity (Wildman–Crippen MR) is 81.0 cm³/mol. The molecule has 1 aliphatic rings. The van der Waals surface area contributed by atoms with E-state index in [2.05, 4.69) is 72.9 Å². The van der Waals surface area contributed by atoms with E-state index in [-0.39, 0.29) is 0 Å². The van der Waals surface area contributed by atoms with Crippen LogP contribution in [0, 0.1) is 6.92 Å². The minimum absolute atomic E-state index is 0.431. The third-order valence-corrected chi connectivity index (χ3v) is 3.76. The molecular weight excluding hydrogens is 230 g/mol. The Hall–Kier alpha value is -1.86. The largest absolute Gasteiger partial charge is 0.306 e. The minimum atomic E-state index is 0.431.